The summed E-state index contributed by atoms with van der Waals surface area (Å²) in [5, 5.41) is 3.00. The molecule has 4 heteroatoms. The molecule has 2 aromatic rings. The quantitative estimate of drug-likeness (QED) is 0.681. The van der Waals surface area contributed by atoms with Gasteiger partial charge in [-0.05, 0) is 26.0 Å². The molecular weight excluding hydrogens is 178 g/mol. The Morgan fingerprint density at radius 2 is 2.29 bits per heavy atom. The van der Waals surface area contributed by atoms with Crippen molar-refractivity contribution in [3.8, 4) is 0 Å². The molecule has 14 heavy (non-hydrogen) atoms. The van der Waals surface area contributed by atoms with E-state index in [1.54, 1.807) is 6.92 Å². The van der Waals surface area contributed by atoms with Crippen LogP contribution in [0.5, 0.6) is 0 Å². The summed E-state index contributed by atoms with van der Waals surface area (Å²) < 4.78 is 1.96. The molecule has 0 saturated heterocycles. The van der Waals surface area contributed by atoms with Crippen LogP contribution in [-0.2, 0) is 0 Å². The van der Waals surface area contributed by atoms with Gasteiger partial charge in [0.05, 0.1) is 11.2 Å². The first kappa shape index (κ1) is 8.87. The summed E-state index contributed by atoms with van der Waals surface area (Å²) in [6.07, 6.45) is 1.93. The van der Waals surface area contributed by atoms with Crippen LogP contribution in [0.1, 0.15) is 24.5 Å². The van der Waals surface area contributed by atoms with E-state index in [1.807, 2.05) is 35.7 Å². The highest BCUT2D eigenvalue weighted by Crippen LogP contribution is 2.21. The molecule has 4 nitrogen and oxygen atoms in total. The smallest absolute Gasteiger partial charge is 0.133 e. The zero-order valence-electron chi connectivity index (χ0n) is 8.14. The first-order chi connectivity index (χ1) is 6.74. The zero-order chi connectivity index (χ0) is 10.1. The predicted molar refractivity (Wildman–Crippen MR) is 54.1 cm³/mol. The fourth-order valence-electron chi connectivity index (χ4n) is 1.58. The molecule has 0 spiro atoms. The SMILES string of the molecule is Cc1nc(C(C)N=O)c2ccccn12. The Hall–Kier alpha value is -1.71. The molecule has 0 radical (unpaired) electrons. The Balaban J connectivity index is 2.72. The number of rotatable bonds is 2. The summed E-state index contributed by atoms with van der Waals surface area (Å²) >= 11 is 0. The molecule has 0 amide bonds. The van der Waals surface area contributed by atoms with Crippen molar-refractivity contribution in [3.05, 3.63) is 40.8 Å². The Labute approximate surface area is 81.6 Å². The van der Waals surface area contributed by atoms with Crippen LogP contribution in [0.15, 0.2) is 29.6 Å². The summed E-state index contributed by atoms with van der Waals surface area (Å²) in [7, 11) is 0. The molecule has 1 atom stereocenters. The van der Waals surface area contributed by atoms with Gasteiger partial charge in [-0.15, -0.1) is 0 Å². The third-order valence-corrected chi connectivity index (χ3v) is 2.31. The van der Waals surface area contributed by atoms with Gasteiger partial charge in [-0.25, -0.2) is 4.98 Å². The van der Waals surface area contributed by atoms with E-state index in [0.29, 0.717) is 0 Å². The molecule has 2 rings (SSSR count). The third-order valence-electron chi connectivity index (χ3n) is 2.31. The maximum atomic E-state index is 10.5. The lowest BCUT2D eigenvalue weighted by molar-refractivity contribution is 0.787. The van der Waals surface area contributed by atoms with Crippen LogP contribution in [0.25, 0.3) is 5.52 Å². The highest BCUT2D eigenvalue weighted by molar-refractivity contribution is 5.54. The average Bonchev–Trinajstić information content (AvgIpc) is 2.56. The predicted octanol–water partition coefficient (Wildman–Crippen LogP) is 2.47. The topological polar surface area (TPSA) is 46.7 Å². The number of hydrogen-bond donors (Lipinski definition) is 0. The maximum absolute atomic E-state index is 10.5. The number of aromatic nitrogens is 2. The first-order valence-electron chi connectivity index (χ1n) is 4.50. The molecule has 0 bridgehead atoms. The van der Waals surface area contributed by atoms with Crippen molar-refractivity contribution < 1.29 is 0 Å². The van der Waals surface area contributed by atoms with Crippen LogP contribution in [0.3, 0.4) is 0 Å². The molecule has 0 aliphatic rings. The number of nitrogens with zero attached hydrogens (tertiary/aromatic N) is 3. The largest absolute Gasteiger partial charge is 0.304 e. The minimum absolute atomic E-state index is 0.388. The van der Waals surface area contributed by atoms with Gasteiger partial charge in [-0.3, -0.25) is 0 Å². The van der Waals surface area contributed by atoms with Crippen molar-refractivity contribution in [2.24, 2.45) is 5.18 Å². The fourth-order valence-corrected chi connectivity index (χ4v) is 1.58. The molecule has 0 fully saturated rings. The van der Waals surface area contributed by atoms with Gasteiger partial charge in [-0.2, -0.15) is 4.91 Å². The summed E-state index contributed by atoms with van der Waals surface area (Å²) in [5.41, 5.74) is 1.70. The molecule has 1 unspecified atom stereocenters. The molecule has 0 aromatic carbocycles. The van der Waals surface area contributed by atoms with Crippen molar-refractivity contribution in [2.45, 2.75) is 19.9 Å². The lowest BCUT2D eigenvalue weighted by Gasteiger charge is -1.98. The Kier molecular flexibility index (Phi) is 2.04. The summed E-state index contributed by atoms with van der Waals surface area (Å²) in [6, 6.07) is 5.42. The van der Waals surface area contributed by atoms with Crippen molar-refractivity contribution in [2.75, 3.05) is 0 Å². The average molecular weight is 189 g/mol. The van der Waals surface area contributed by atoms with E-state index < -0.39 is 0 Å². The highest BCUT2D eigenvalue weighted by atomic mass is 16.3. The minimum Gasteiger partial charge on any atom is -0.304 e. The lowest BCUT2D eigenvalue weighted by Crippen LogP contribution is -1.89. The second-order valence-corrected chi connectivity index (χ2v) is 3.28. The summed E-state index contributed by atoms with van der Waals surface area (Å²) in [6.45, 7) is 3.66. The van der Waals surface area contributed by atoms with Gasteiger partial charge in [0, 0.05) is 6.20 Å². The highest BCUT2D eigenvalue weighted by Gasteiger charge is 2.14. The molecular formula is C10H11N3O. The molecule has 2 aromatic heterocycles. The first-order valence-corrected chi connectivity index (χ1v) is 4.50. The van der Waals surface area contributed by atoms with Crippen LogP contribution in [-0.4, -0.2) is 9.38 Å². The van der Waals surface area contributed by atoms with Crippen molar-refractivity contribution in [1.29, 1.82) is 0 Å². The Morgan fingerprint density at radius 3 is 3.00 bits per heavy atom. The number of fused-ring (bicyclic) bond motifs is 1. The lowest BCUT2D eigenvalue weighted by atomic mass is 10.2. The second-order valence-electron chi connectivity index (χ2n) is 3.28. The maximum Gasteiger partial charge on any atom is 0.133 e. The Bertz CT molecular complexity index is 475. The normalized spacial score (nSPS) is 13.0. The molecule has 2 heterocycles. The van der Waals surface area contributed by atoms with Crippen molar-refractivity contribution in [3.63, 3.8) is 0 Å². The fraction of sp³-hybridized carbons (Fsp3) is 0.300. The van der Waals surface area contributed by atoms with Crippen molar-refractivity contribution >= 4 is 5.52 Å². The van der Waals surface area contributed by atoms with Crippen LogP contribution >= 0.6 is 0 Å². The number of nitroso groups, excluding NO2 is 1. The van der Waals surface area contributed by atoms with Gasteiger partial charge in [0.2, 0.25) is 0 Å². The Morgan fingerprint density at radius 1 is 1.50 bits per heavy atom. The third kappa shape index (κ3) is 1.19. The van der Waals surface area contributed by atoms with Gasteiger partial charge in [0.25, 0.3) is 0 Å². The van der Waals surface area contributed by atoms with E-state index >= 15 is 0 Å². The standard InChI is InChI=1S/C10H11N3O/c1-7(12-14)10-9-5-3-4-6-13(9)8(2)11-10/h3-7H,1-2H3. The van der Waals surface area contributed by atoms with Crippen LogP contribution < -0.4 is 0 Å². The molecule has 0 N–H and O–H groups in total. The van der Waals surface area contributed by atoms with E-state index in [2.05, 4.69) is 10.2 Å². The number of pyridine rings is 1. The van der Waals surface area contributed by atoms with Gasteiger partial charge in [0.1, 0.15) is 11.9 Å². The van der Waals surface area contributed by atoms with E-state index in [-0.39, 0.29) is 6.04 Å². The second kappa shape index (κ2) is 3.21. The van der Waals surface area contributed by atoms with Crippen molar-refractivity contribution in [1.82, 2.24) is 9.38 Å². The van der Waals surface area contributed by atoms with Gasteiger partial charge >= 0.3 is 0 Å². The molecule has 0 aliphatic carbocycles. The summed E-state index contributed by atoms with van der Waals surface area (Å²) in [5.74, 6) is 0.881. The number of hydrogen-bond acceptors (Lipinski definition) is 3. The van der Waals surface area contributed by atoms with Gasteiger partial charge in [0.15, 0.2) is 0 Å². The van der Waals surface area contributed by atoms with Crippen LogP contribution in [0.2, 0.25) is 0 Å². The monoisotopic (exact) mass is 189 g/mol. The van der Waals surface area contributed by atoms with E-state index in [9.17, 15) is 4.91 Å². The molecule has 0 aliphatic heterocycles. The molecule has 0 saturated carbocycles. The summed E-state index contributed by atoms with van der Waals surface area (Å²) in [4.78, 5) is 14.8. The van der Waals surface area contributed by atoms with E-state index in [0.717, 1.165) is 17.0 Å². The van der Waals surface area contributed by atoms with E-state index in [4.69, 9.17) is 0 Å². The zero-order valence-corrected chi connectivity index (χ0v) is 8.14. The van der Waals surface area contributed by atoms with Gasteiger partial charge in [-0.1, -0.05) is 11.2 Å². The minimum atomic E-state index is -0.388. The van der Waals surface area contributed by atoms with Crippen LogP contribution in [0, 0.1) is 11.8 Å². The van der Waals surface area contributed by atoms with Crippen LogP contribution in [0.4, 0.5) is 0 Å². The van der Waals surface area contributed by atoms with Gasteiger partial charge < -0.3 is 4.40 Å². The van der Waals surface area contributed by atoms with E-state index in [1.165, 1.54) is 0 Å². The molecule has 72 valence electrons. The number of imidazole rings is 1. The number of aryl methyl sites for hydroxylation is 1.